The van der Waals surface area contributed by atoms with Crippen LogP contribution in [-0.2, 0) is 4.74 Å². The van der Waals surface area contributed by atoms with Crippen molar-refractivity contribution in [2.24, 2.45) is 0 Å². The Kier molecular flexibility index (Phi) is 7.44. The van der Waals surface area contributed by atoms with Gasteiger partial charge in [-0.25, -0.2) is 19.2 Å². The largest absolute Gasteiger partial charge is 0.478 e. The molecule has 2 aromatic carbocycles. The molecule has 0 amide bonds. The molecule has 0 aliphatic rings. The number of rotatable bonds is 4. The molecule has 3 N–H and O–H groups in total. The van der Waals surface area contributed by atoms with Gasteiger partial charge in [-0.1, -0.05) is 6.07 Å². The first-order chi connectivity index (χ1) is 12.9. The number of hydrogen-bond acceptors (Lipinski definition) is 5. The molecular formula is C20H20O8. The van der Waals surface area contributed by atoms with Crippen molar-refractivity contribution < 1.29 is 39.2 Å². The van der Waals surface area contributed by atoms with E-state index in [1.165, 1.54) is 48.5 Å². The topological polar surface area (TPSA) is 138 Å². The lowest BCUT2D eigenvalue weighted by molar-refractivity contribution is 0.00691. The van der Waals surface area contributed by atoms with Crippen LogP contribution in [0.15, 0.2) is 48.5 Å². The predicted molar refractivity (Wildman–Crippen MR) is 98.9 cm³/mol. The SMILES string of the molecule is CC(C)(C)OC(=O)c1cccc(C(=O)O)c1.O=C(O)c1ccc(C(=O)O)cc1. The molecule has 8 nitrogen and oxygen atoms in total. The molecule has 2 aromatic rings. The Morgan fingerprint density at radius 3 is 1.43 bits per heavy atom. The zero-order valence-electron chi connectivity index (χ0n) is 15.5. The van der Waals surface area contributed by atoms with Gasteiger partial charge in [-0.3, -0.25) is 0 Å². The fourth-order valence-corrected chi connectivity index (χ4v) is 1.87. The van der Waals surface area contributed by atoms with Crippen LogP contribution in [0.1, 0.15) is 62.2 Å². The number of hydrogen-bond donors (Lipinski definition) is 3. The number of esters is 1. The number of aromatic carboxylic acids is 3. The maximum Gasteiger partial charge on any atom is 0.338 e. The maximum absolute atomic E-state index is 11.6. The molecule has 8 heteroatoms. The summed E-state index contributed by atoms with van der Waals surface area (Å²) in [6.07, 6.45) is 0. The van der Waals surface area contributed by atoms with E-state index in [2.05, 4.69) is 0 Å². The van der Waals surface area contributed by atoms with E-state index in [0.29, 0.717) is 0 Å². The Morgan fingerprint density at radius 1 is 0.679 bits per heavy atom. The van der Waals surface area contributed by atoms with Crippen LogP contribution in [-0.4, -0.2) is 44.8 Å². The molecule has 0 unspecified atom stereocenters. The third-order valence-electron chi connectivity index (χ3n) is 3.12. The molecule has 0 radical (unpaired) electrons. The second-order valence-electron chi connectivity index (χ2n) is 6.58. The molecule has 0 saturated carbocycles. The highest BCUT2D eigenvalue weighted by molar-refractivity contribution is 5.94. The number of benzene rings is 2. The zero-order chi connectivity index (χ0) is 21.5. The maximum atomic E-state index is 11.6. The van der Waals surface area contributed by atoms with E-state index in [1.54, 1.807) is 20.8 Å². The molecule has 0 atom stereocenters. The molecule has 0 aliphatic carbocycles. The van der Waals surface area contributed by atoms with Crippen LogP contribution < -0.4 is 0 Å². The van der Waals surface area contributed by atoms with Crippen molar-refractivity contribution in [2.45, 2.75) is 26.4 Å². The summed E-state index contributed by atoms with van der Waals surface area (Å²) in [4.78, 5) is 43.0. The molecule has 0 aliphatic heterocycles. The van der Waals surface area contributed by atoms with Crippen molar-refractivity contribution in [2.75, 3.05) is 0 Å². The number of ether oxygens (including phenoxy) is 1. The van der Waals surface area contributed by atoms with Crippen molar-refractivity contribution >= 4 is 23.9 Å². The molecule has 0 saturated heterocycles. The fraction of sp³-hybridized carbons (Fsp3) is 0.200. The first-order valence-corrected chi connectivity index (χ1v) is 8.04. The third kappa shape index (κ3) is 7.28. The average Bonchev–Trinajstić information content (AvgIpc) is 2.61. The van der Waals surface area contributed by atoms with Crippen molar-refractivity contribution in [1.29, 1.82) is 0 Å². The molecule has 0 heterocycles. The van der Waals surface area contributed by atoms with Gasteiger partial charge in [0.1, 0.15) is 5.60 Å². The fourth-order valence-electron chi connectivity index (χ4n) is 1.87. The number of carbonyl (C=O) groups is 4. The zero-order valence-corrected chi connectivity index (χ0v) is 15.5. The van der Waals surface area contributed by atoms with Gasteiger partial charge in [-0.2, -0.15) is 0 Å². The minimum absolute atomic E-state index is 0.0726. The van der Waals surface area contributed by atoms with Gasteiger partial charge in [0.05, 0.1) is 22.3 Å². The normalized spacial score (nSPS) is 10.2. The van der Waals surface area contributed by atoms with Crippen molar-refractivity contribution in [3.8, 4) is 0 Å². The Bertz CT molecular complexity index is 843. The highest BCUT2D eigenvalue weighted by Crippen LogP contribution is 2.13. The smallest absolute Gasteiger partial charge is 0.338 e. The van der Waals surface area contributed by atoms with Crippen LogP contribution in [0.25, 0.3) is 0 Å². The summed E-state index contributed by atoms with van der Waals surface area (Å²) in [6, 6.07) is 10.8. The molecule has 0 aromatic heterocycles. The van der Waals surface area contributed by atoms with Crippen LogP contribution in [0, 0.1) is 0 Å². The van der Waals surface area contributed by atoms with Crippen LogP contribution in [0.3, 0.4) is 0 Å². The molecule has 0 fully saturated rings. The highest BCUT2D eigenvalue weighted by Gasteiger charge is 2.18. The van der Waals surface area contributed by atoms with Gasteiger partial charge in [-0.15, -0.1) is 0 Å². The van der Waals surface area contributed by atoms with Crippen LogP contribution >= 0.6 is 0 Å². The second kappa shape index (κ2) is 9.31. The van der Waals surface area contributed by atoms with Crippen molar-refractivity contribution in [1.82, 2.24) is 0 Å². The van der Waals surface area contributed by atoms with Gasteiger partial charge in [0, 0.05) is 0 Å². The van der Waals surface area contributed by atoms with Crippen molar-refractivity contribution in [3.05, 3.63) is 70.8 Å². The van der Waals surface area contributed by atoms with E-state index in [-0.39, 0.29) is 22.3 Å². The van der Waals surface area contributed by atoms with Gasteiger partial charge in [0.25, 0.3) is 0 Å². The van der Waals surface area contributed by atoms with Crippen molar-refractivity contribution in [3.63, 3.8) is 0 Å². The molecule has 28 heavy (non-hydrogen) atoms. The van der Waals surface area contributed by atoms with E-state index in [4.69, 9.17) is 20.1 Å². The molecule has 0 spiro atoms. The summed E-state index contributed by atoms with van der Waals surface area (Å²) in [6.45, 7) is 5.27. The first kappa shape index (κ1) is 22.4. The van der Waals surface area contributed by atoms with Gasteiger partial charge in [0.2, 0.25) is 0 Å². The van der Waals surface area contributed by atoms with Crippen LogP contribution in [0.5, 0.6) is 0 Å². The lowest BCUT2D eigenvalue weighted by Gasteiger charge is -2.19. The minimum atomic E-state index is -1.06. The predicted octanol–water partition coefficient (Wildman–Crippen LogP) is 3.42. The molecular weight excluding hydrogens is 368 g/mol. The summed E-state index contributed by atoms with van der Waals surface area (Å²) in [5, 5.41) is 25.7. The number of carboxylic acids is 3. The molecule has 2 rings (SSSR count). The Morgan fingerprint density at radius 2 is 1.07 bits per heavy atom. The lowest BCUT2D eigenvalue weighted by atomic mass is 10.1. The van der Waals surface area contributed by atoms with E-state index in [0.717, 1.165) is 0 Å². The second-order valence-corrected chi connectivity index (χ2v) is 6.58. The van der Waals surface area contributed by atoms with Crippen LogP contribution in [0.4, 0.5) is 0 Å². The highest BCUT2D eigenvalue weighted by atomic mass is 16.6. The standard InChI is InChI=1S/C12H14O4.C8H6O4/c1-12(2,3)16-11(15)9-6-4-5-8(7-9)10(13)14;9-7(10)5-1-2-6(4-3-5)8(11)12/h4-7H,1-3H3,(H,13,14);1-4H,(H,9,10)(H,11,12). The first-order valence-electron chi connectivity index (χ1n) is 8.04. The average molecular weight is 388 g/mol. The van der Waals surface area contributed by atoms with E-state index in [1.807, 2.05) is 0 Å². The third-order valence-corrected chi connectivity index (χ3v) is 3.12. The summed E-state index contributed by atoms with van der Waals surface area (Å²) in [7, 11) is 0. The van der Waals surface area contributed by atoms with Gasteiger partial charge in [0.15, 0.2) is 0 Å². The summed E-state index contributed by atoms with van der Waals surface area (Å²) in [5.74, 6) is -3.71. The number of carbonyl (C=O) groups excluding carboxylic acids is 1. The van der Waals surface area contributed by atoms with Gasteiger partial charge < -0.3 is 20.1 Å². The van der Waals surface area contributed by atoms with Gasteiger partial charge >= 0.3 is 23.9 Å². The monoisotopic (exact) mass is 388 g/mol. The number of carboxylic acid groups (broad SMARTS) is 3. The van der Waals surface area contributed by atoms with Crippen LogP contribution in [0.2, 0.25) is 0 Å². The Balaban J connectivity index is 0.000000292. The summed E-state index contributed by atoms with van der Waals surface area (Å²) in [5.41, 5.74) is -0.103. The molecule has 148 valence electrons. The molecule has 0 bridgehead atoms. The van der Waals surface area contributed by atoms with Gasteiger partial charge in [-0.05, 0) is 63.2 Å². The van der Waals surface area contributed by atoms with E-state index in [9.17, 15) is 19.2 Å². The lowest BCUT2D eigenvalue weighted by Crippen LogP contribution is -2.24. The quantitative estimate of drug-likeness (QED) is 0.677. The summed E-state index contributed by atoms with van der Waals surface area (Å²) >= 11 is 0. The minimum Gasteiger partial charge on any atom is -0.478 e. The van der Waals surface area contributed by atoms with E-state index < -0.39 is 29.5 Å². The Hall–Kier alpha value is -3.68. The summed E-state index contributed by atoms with van der Waals surface area (Å²) < 4.78 is 5.13. The Labute approximate surface area is 161 Å². The van der Waals surface area contributed by atoms with E-state index >= 15 is 0 Å².